The molecular formula is C14H18FNO2S. The van der Waals surface area contributed by atoms with Gasteiger partial charge in [0.2, 0.25) is 0 Å². The Morgan fingerprint density at radius 3 is 2.68 bits per heavy atom. The number of amides is 1. The van der Waals surface area contributed by atoms with Crippen molar-refractivity contribution < 1.29 is 14.3 Å². The van der Waals surface area contributed by atoms with Crippen LogP contribution in [0.4, 0.5) is 4.39 Å². The van der Waals surface area contributed by atoms with Crippen LogP contribution in [-0.4, -0.2) is 23.7 Å². The fourth-order valence-electron chi connectivity index (χ4n) is 2.34. The van der Waals surface area contributed by atoms with E-state index in [9.17, 15) is 14.3 Å². The summed E-state index contributed by atoms with van der Waals surface area (Å²) in [5, 5.41) is 12.3. The van der Waals surface area contributed by atoms with Crippen molar-refractivity contribution in [1.82, 2.24) is 5.32 Å². The maximum Gasteiger partial charge on any atom is 0.251 e. The molecule has 0 atom stereocenters. The molecule has 1 aromatic rings. The van der Waals surface area contributed by atoms with E-state index in [0.29, 0.717) is 18.0 Å². The average molecular weight is 283 g/mol. The number of aliphatic hydroxyl groups is 1. The molecule has 0 aromatic heterocycles. The van der Waals surface area contributed by atoms with Gasteiger partial charge in [0.25, 0.3) is 5.91 Å². The summed E-state index contributed by atoms with van der Waals surface area (Å²) in [5.74, 6) is -0.217. The molecule has 0 unspecified atom stereocenters. The lowest BCUT2D eigenvalue weighted by Gasteiger charge is -2.25. The van der Waals surface area contributed by atoms with Gasteiger partial charge in [-0.25, -0.2) is 4.39 Å². The lowest BCUT2D eigenvalue weighted by atomic mass is 9.87. The summed E-state index contributed by atoms with van der Waals surface area (Å²) >= 11 is 3.96. The Kier molecular flexibility index (Phi) is 4.82. The monoisotopic (exact) mass is 283 g/mol. The van der Waals surface area contributed by atoms with Crippen molar-refractivity contribution in [3.05, 3.63) is 29.6 Å². The molecule has 1 aromatic carbocycles. The van der Waals surface area contributed by atoms with Crippen molar-refractivity contribution in [2.45, 2.75) is 36.7 Å². The highest BCUT2D eigenvalue weighted by Crippen LogP contribution is 2.23. The Morgan fingerprint density at radius 2 is 2.05 bits per heavy atom. The van der Waals surface area contributed by atoms with E-state index in [2.05, 4.69) is 17.9 Å². The number of thiol groups is 1. The second-order valence-corrected chi connectivity index (χ2v) is 5.53. The molecule has 0 spiro atoms. The van der Waals surface area contributed by atoms with Crippen LogP contribution in [0.3, 0.4) is 0 Å². The molecular weight excluding hydrogens is 265 g/mol. The molecule has 1 aliphatic carbocycles. The summed E-state index contributed by atoms with van der Waals surface area (Å²) in [4.78, 5) is 12.1. The quantitative estimate of drug-likeness (QED) is 0.746. The lowest BCUT2D eigenvalue weighted by molar-refractivity contribution is 0.0910. The molecule has 0 radical (unpaired) electrons. The van der Waals surface area contributed by atoms with E-state index in [1.807, 2.05) is 0 Å². The van der Waals surface area contributed by atoms with E-state index in [0.717, 1.165) is 25.7 Å². The number of aliphatic hydroxyl groups excluding tert-OH is 1. The Hall–Kier alpha value is -1.07. The van der Waals surface area contributed by atoms with Crippen LogP contribution < -0.4 is 5.32 Å². The highest BCUT2D eigenvalue weighted by Gasteiger charge is 2.20. The Balaban J connectivity index is 1.85. The number of rotatable bonds is 3. The van der Waals surface area contributed by atoms with Gasteiger partial charge in [0.15, 0.2) is 0 Å². The van der Waals surface area contributed by atoms with Crippen LogP contribution >= 0.6 is 12.6 Å². The second-order valence-electron chi connectivity index (χ2n) is 5.05. The van der Waals surface area contributed by atoms with Crippen molar-refractivity contribution in [1.29, 1.82) is 0 Å². The summed E-state index contributed by atoms with van der Waals surface area (Å²) in [5.41, 5.74) is 0.419. The van der Waals surface area contributed by atoms with Gasteiger partial charge in [-0.2, -0.15) is 0 Å². The fraction of sp³-hybridized carbons (Fsp3) is 0.500. The standard InChI is InChI=1S/C14H18FNO2S/c15-12-6-3-10(7-13(12)19)14(18)16-8-9-1-4-11(17)5-2-9/h3,6-7,9,11,17,19H,1-2,4-5,8H2,(H,16,18). The average Bonchev–Trinajstić information content (AvgIpc) is 2.41. The minimum absolute atomic E-state index is 0.174. The maximum atomic E-state index is 13.0. The third kappa shape index (κ3) is 3.94. The van der Waals surface area contributed by atoms with Gasteiger partial charge in [-0.15, -0.1) is 12.6 Å². The van der Waals surface area contributed by atoms with Crippen LogP contribution in [0, 0.1) is 11.7 Å². The highest BCUT2D eigenvalue weighted by molar-refractivity contribution is 7.80. The maximum absolute atomic E-state index is 13.0. The molecule has 2 rings (SSSR count). The summed E-state index contributed by atoms with van der Waals surface area (Å²) in [6.07, 6.45) is 3.29. The van der Waals surface area contributed by atoms with Crippen LogP contribution in [-0.2, 0) is 0 Å². The van der Waals surface area contributed by atoms with Gasteiger partial charge in [0.05, 0.1) is 6.10 Å². The van der Waals surface area contributed by atoms with Crippen molar-refractivity contribution in [2.75, 3.05) is 6.54 Å². The summed E-state index contributed by atoms with van der Waals surface area (Å²) in [6.45, 7) is 0.602. The number of nitrogens with one attached hydrogen (secondary N) is 1. The highest BCUT2D eigenvalue weighted by atomic mass is 32.1. The number of hydrogen-bond donors (Lipinski definition) is 3. The molecule has 1 fully saturated rings. The minimum Gasteiger partial charge on any atom is -0.393 e. The van der Waals surface area contributed by atoms with Crippen LogP contribution in [0.5, 0.6) is 0 Å². The molecule has 5 heteroatoms. The predicted octanol–water partition coefficient (Wildman–Crippen LogP) is 2.40. The largest absolute Gasteiger partial charge is 0.393 e. The van der Waals surface area contributed by atoms with Gasteiger partial charge in [0, 0.05) is 17.0 Å². The Labute approximate surface area is 117 Å². The van der Waals surface area contributed by atoms with Crippen LogP contribution in [0.1, 0.15) is 36.0 Å². The number of carbonyl (C=O) groups is 1. The SMILES string of the molecule is O=C(NCC1CCC(O)CC1)c1ccc(F)c(S)c1. The number of benzene rings is 1. The smallest absolute Gasteiger partial charge is 0.251 e. The van der Waals surface area contributed by atoms with E-state index in [4.69, 9.17) is 0 Å². The van der Waals surface area contributed by atoms with Crippen molar-refractivity contribution in [2.24, 2.45) is 5.92 Å². The molecule has 1 amide bonds. The first-order chi connectivity index (χ1) is 9.06. The van der Waals surface area contributed by atoms with Gasteiger partial charge in [-0.05, 0) is 49.8 Å². The van der Waals surface area contributed by atoms with Crippen molar-refractivity contribution >= 4 is 18.5 Å². The van der Waals surface area contributed by atoms with Gasteiger partial charge in [0.1, 0.15) is 5.82 Å². The number of halogens is 1. The normalized spacial score (nSPS) is 23.1. The number of carbonyl (C=O) groups excluding carboxylic acids is 1. The van der Waals surface area contributed by atoms with Crippen LogP contribution in [0.2, 0.25) is 0 Å². The summed E-state index contributed by atoms with van der Waals surface area (Å²) < 4.78 is 13.0. The van der Waals surface area contributed by atoms with E-state index in [-0.39, 0.29) is 16.9 Å². The molecule has 0 bridgehead atoms. The first-order valence-electron chi connectivity index (χ1n) is 6.51. The van der Waals surface area contributed by atoms with Crippen LogP contribution in [0.25, 0.3) is 0 Å². The zero-order chi connectivity index (χ0) is 13.8. The molecule has 0 heterocycles. The third-order valence-corrected chi connectivity index (χ3v) is 3.92. The van der Waals surface area contributed by atoms with Gasteiger partial charge in [-0.1, -0.05) is 0 Å². The van der Waals surface area contributed by atoms with Gasteiger partial charge >= 0.3 is 0 Å². The van der Waals surface area contributed by atoms with E-state index in [1.165, 1.54) is 18.2 Å². The summed E-state index contributed by atoms with van der Waals surface area (Å²) in [6, 6.07) is 4.13. The molecule has 1 saturated carbocycles. The lowest BCUT2D eigenvalue weighted by Crippen LogP contribution is -2.32. The zero-order valence-corrected chi connectivity index (χ0v) is 11.5. The fourth-order valence-corrected chi connectivity index (χ4v) is 2.56. The Morgan fingerprint density at radius 1 is 1.37 bits per heavy atom. The minimum atomic E-state index is -0.429. The Bertz CT molecular complexity index is 459. The first kappa shape index (κ1) is 14.3. The molecule has 104 valence electrons. The number of hydrogen-bond acceptors (Lipinski definition) is 3. The van der Waals surface area contributed by atoms with E-state index in [1.54, 1.807) is 0 Å². The molecule has 2 N–H and O–H groups in total. The third-order valence-electron chi connectivity index (χ3n) is 3.58. The zero-order valence-electron chi connectivity index (χ0n) is 10.6. The molecule has 19 heavy (non-hydrogen) atoms. The van der Waals surface area contributed by atoms with E-state index < -0.39 is 5.82 Å². The van der Waals surface area contributed by atoms with Crippen molar-refractivity contribution in [3.8, 4) is 0 Å². The molecule has 0 aliphatic heterocycles. The van der Waals surface area contributed by atoms with E-state index >= 15 is 0 Å². The van der Waals surface area contributed by atoms with Crippen molar-refractivity contribution in [3.63, 3.8) is 0 Å². The molecule has 0 saturated heterocycles. The van der Waals surface area contributed by atoms with Crippen LogP contribution in [0.15, 0.2) is 23.1 Å². The predicted molar refractivity (Wildman–Crippen MR) is 74.0 cm³/mol. The first-order valence-corrected chi connectivity index (χ1v) is 6.95. The molecule has 1 aliphatic rings. The second kappa shape index (κ2) is 6.39. The summed E-state index contributed by atoms with van der Waals surface area (Å²) in [7, 11) is 0. The van der Waals surface area contributed by atoms with Gasteiger partial charge in [-0.3, -0.25) is 4.79 Å². The molecule has 3 nitrogen and oxygen atoms in total. The van der Waals surface area contributed by atoms with Gasteiger partial charge < -0.3 is 10.4 Å². The topological polar surface area (TPSA) is 49.3 Å².